The van der Waals surface area contributed by atoms with Crippen molar-refractivity contribution in [2.75, 3.05) is 18.0 Å². The molecule has 1 aromatic carbocycles. The molecule has 0 bridgehead atoms. The summed E-state index contributed by atoms with van der Waals surface area (Å²) in [5, 5.41) is 15.0. The van der Waals surface area contributed by atoms with E-state index in [0.29, 0.717) is 6.04 Å². The maximum atomic E-state index is 11.4. The van der Waals surface area contributed by atoms with Gasteiger partial charge in [-0.2, -0.15) is 0 Å². The number of nitrogens with one attached hydrogen (secondary N) is 1. The van der Waals surface area contributed by atoms with Gasteiger partial charge in [-0.3, -0.25) is 10.1 Å². The number of nitro benzene ring substituents is 1. The van der Waals surface area contributed by atoms with Crippen LogP contribution in [-0.4, -0.2) is 30.1 Å². The summed E-state index contributed by atoms with van der Waals surface area (Å²) in [5.41, 5.74) is 1.70. The molecule has 1 heterocycles. The summed E-state index contributed by atoms with van der Waals surface area (Å²) < 4.78 is 0. The fourth-order valence-electron chi connectivity index (χ4n) is 3.02. The van der Waals surface area contributed by atoms with Gasteiger partial charge < -0.3 is 10.2 Å². The van der Waals surface area contributed by atoms with Crippen LogP contribution < -0.4 is 10.2 Å². The van der Waals surface area contributed by atoms with Gasteiger partial charge in [0.2, 0.25) is 0 Å². The van der Waals surface area contributed by atoms with Gasteiger partial charge in [0, 0.05) is 24.2 Å². The van der Waals surface area contributed by atoms with E-state index in [0.717, 1.165) is 30.8 Å². The predicted octanol–water partition coefficient (Wildman–Crippen LogP) is 3.26. The number of nitro groups is 1. The lowest BCUT2D eigenvalue weighted by molar-refractivity contribution is -0.384. The molecule has 0 saturated carbocycles. The van der Waals surface area contributed by atoms with Gasteiger partial charge in [-0.15, -0.1) is 0 Å². The molecule has 0 radical (unpaired) electrons. The van der Waals surface area contributed by atoms with Gasteiger partial charge in [-0.05, 0) is 46.2 Å². The van der Waals surface area contributed by atoms with Gasteiger partial charge in [-0.25, -0.2) is 0 Å². The molecule has 0 aliphatic carbocycles. The number of benzene rings is 1. The molecule has 1 aromatic rings. The lowest BCUT2D eigenvalue weighted by atomic mass is 10.0. The van der Waals surface area contributed by atoms with Crippen LogP contribution in [0.25, 0.3) is 0 Å². The number of rotatable bonds is 5. The van der Waals surface area contributed by atoms with Crippen molar-refractivity contribution in [2.24, 2.45) is 0 Å². The summed E-state index contributed by atoms with van der Waals surface area (Å²) in [6, 6.07) is 6.23. The van der Waals surface area contributed by atoms with E-state index in [1.165, 1.54) is 12.8 Å². The SMILES string of the molecule is Cc1cccc(N(CC2CCCCN2)C(C)C)c1[N+](=O)[O-]. The Labute approximate surface area is 126 Å². The van der Waals surface area contributed by atoms with Crippen LogP contribution in [0.5, 0.6) is 0 Å². The van der Waals surface area contributed by atoms with Crippen molar-refractivity contribution in [3.63, 3.8) is 0 Å². The third-order valence-corrected chi connectivity index (χ3v) is 4.16. The Kier molecular flexibility index (Phi) is 5.17. The van der Waals surface area contributed by atoms with Crippen LogP contribution in [0.3, 0.4) is 0 Å². The van der Waals surface area contributed by atoms with Crippen molar-refractivity contribution in [1.29, 1.82) is 0 Å². The van der Waals surface area contributed by atoms with Gasteiger partial charge >= 0.3 is 0 Å². The van der Waals surface area contributed by atoms with Gasteiger partial charge in [0.05, 0.1) is 4.92 Å². The van der Waals surface area contributed by atoms with Gasteiger partial charge in [0.1, 0.15) is 5.69 Å². The van der Waals surface area contributed by atoms with E-state index < -0.39 is 0 Å². The standard InChI is InChI=1S/C16H25N3O2/c1-12(2)18(11-14-8-4-5-10-17-14)15-9-6-7-13(3)16(15)19(20)21/h6-7,9,12,14,17H,4-5,8,10-11H2,1-3H3. The molecule has 0 amide bonds. The average molecular weight is 291 g/mol. The van der Waals surface area contributed by atoms with Gasteiger partial charge in [-0.1, -0.05) is 18.6 Å². The second-order valence-corrected chi connectivity index (χ2v) is 6.09. The van der Waals surface area contributed by atoms with Crippen LogP contribution >= 0.6 is 0 Å². The first-order valence-electron chi connectivity index (χ1n) is 7.74. The summed E-state index contributed by atoms with van der Waals surface area (Å²) in [7, 11) is 0. The molecule has 1 unspecified atom stereocenters. The van der Waals surface area contributed by atoms with Crippen molar-refractivity contribution in [3.8, 4) is 0 Å². The number of anilines is 1. The smallest absolute Gasteiger partial charge is 0.295 e. The van der Waals surface area contributed by atoms with E-state index in [1.807, 2.05) is 12.1 Å². The first kappa shape index (κ1) is 15.8. The normalized spacial score (nSPS) is 18.8. The molecule has 1 atom stereocenters. The lowest BCUT2D eigenvalue weighted by Crippen LogP contribution is -2.46. The summed E-state index contributed by atoms with van der Waals surface area (Å²) in [6.45, 7) is 7.86. The zero-order valence-corrected chi connectivity index (χ0v) is 13.1. The average Bonchev–Trinajstić information content (AvgIpc) is 2.45. The molecule has 1 aliphatic heterocycles. The van der Waals surface area contributed by atoms with Crippen molar-refractivity contribution < 1.29 is 4.92 Å². The summed E-state index contributed by atoms with van der Waals surface area (Å²) in [6.07, 6.45) is 3.60. The maximum Gasteiger partial charge on any atom is 0.295 e. The Morgan fingerprint density at radius 1 is 1.43 bits per heavy atom. The highest BCUT2D eigenvalue weighted by molar-refractivity contribution is 5.67. The second-order valence-electron chi connectivity index (χ2n) is 6.09. The fourth-order valence-corrected chi connectivity index (χ4v) is 3.02. The van der Waals surface area contributed by atoms with Crippen LogP contribution in [0.15, 0.2) is 18.2 Å². The molecule has 0 aromatic heterocycles. The Hall–Kier alpha value is -1.62. The highest BCUT2D eigenvalue weighted by Crippen LogP contribution is 2.33. The first-order chi connectivity index (χ1) is 10.0. The Morgan fingerprint density at radius 3 is 2.76 bits per heavy atom. The Bertz CT molecular complexity index is 496. The third-order valence-electron chi connectivity index (χ3n) is 4.16. The predicted molar refractivity (Wildman–Crippen MR) is 86.0 cm³/mol. The maximum absolute atomic E-state index is 11.4. The molecular formula is C16H25N3O2. The fraction of sp³-hybridized carbons (Fsp3) is 0.625. The number of nitrogens with zero attached hydrogens (tertiary/aromatic N) is 2. The molecule has 5 nitrogen and oxygen atoms in total. The summed E-state index contributed by atoms with van der Waals surface area (Å²) >= 11 is 0. The number of para-hydroxylation sites is 1. The van der Waals surface area contributed by atoms with Crippen LogP contribution in [0.1, 0.15) is 38.7 Å². The van der Waals surface area contributed by atoms with E-state index in [1.54, 1.807) is 13.0 Å². The van der Waals surface area contributed by atoms with Crippen molar-refractivity contribution in [2.45, 2.75) is 52.1 Å². The number of aryl methyl sites for hydroxylation is 1. The minimum Gasteiger partial charge on any atom is -0.362 e. The first-order valence-corrected chi connectivity index (χ1v) is 7.74. The van der Waals surface area contributed by atoms with Gasteiger partial charge in [0.15, 0.2) is 0 Å². The highest BCUT2D eigenvalue weighted by atomic mass is 16.6. The molecule has 1 N–H and O–H groups in total. The molecule has 0 spiro atoms. The minimum absolute atomic E-state index is 0.231. The number of hydrogen-bond donors (Lipinski definition) is 1. The molecular weight excluding hydrogens is 266 g/mol. The number of hydrogen-bond acceptors (Lipinski definition) is 4. The van der Waals surface area contributed by atoms with Crippen molar-refractivity contribution in [1.82, 2.24) is 5.32 Å². The molecule has 1 fully saturated rings. The quantitative estimate of drug-likeness (QED) is 0.668. The van der Waals surface area contributed by atoms with E-state index in [4.69, 9.17) is 0 Å². The highest BCUT2D eigenvalue weighted by Gasteiger charge is 2.26. The van der Waals surface area contributed by atoms with Gasteiger partial charge in [0.25, 0.3) is 5.69 Å². The van der Waals surface area contributed by atoms with Crippen LogP contribution in [0, 0.1) is 17.0 Å². The van der Waals surface area contributed by atoms with Crippen LogP contribution in [-0.2, 0) is 0 Å². The summed E-state index contributed by atoms with van der Waals surface area (Å²) in [4.78, 5) is 13.3. The Balaban J connectivity index is 2.29. The van der Waals surface area contributed by atoms with E-state index in [9.17, 15) is 10.1 Å². The molecule has 116 valence electrons. The van der Waals surface area contributed by atoms with E-state index in [2.05, 4.69) is 24.1 Å². The minimum atomic E-state index is -0.256. The largest absolute Gasteiger partial charge is 0.362 e. The van der Waals surface area contributed by atoms with Crippen LogP contribution in [0.2, 0.25) is 0 Å². The molecule has 1 aliphatic rings. The topological polar surface area (TPSA) is 58.4 Å². The van der Waals surface area contributed by atoms with Crippen molar-refractivity contribution >= 4 is 11.4 Å². The van der Waals surface area contributed by atoms with E-state index in [-0.39, 0.29) is 16.7 Å². The zero-order valence-electron chi connectivity index (χ0n) is 13.1. The lowest BCUT2D eigenvalue weighted by Gasteiger charge is -2.34. The molecule has 21 heavy (non-hydrogen) atoms. The zero-order chi connectivity index (χ0) is 15.4. The molecule has 5 heteroatoms. The van der Waals surface area contributed by atoms with Crippen LogP contribution in [0.4, 0.5) is 11.4 Å². The monoisotopic (exact) mass is 291 g/mol. The third kappa shape index (κ3) is 3.73. The Morgan fingerprint density at radius 2 is 2.19 bits per heavy atom. The molecule has 2 rings (SSSR count). The second kappa shape index (κ2) is 6.89. The number of piperidine rings is 1. The van der Waals surface area contributed by atoms with Crippen molar-refractivity contribution in [3.05, 3.63) is 33.9 Å². The molecule has 1 saturated heterocycles. The summed E-state index contributed by atoms with van der Waals surface area (Å²) in [5.74, 6) is 0. The van der Waals surface area contributed by atoms with E-state index >= 15 is 0 Å².